The van der Waals surface area contributed by atoms with E-state index in [-0.39, 0.29) is 0 Å². The zero-order valence-electron chi connectivity index (χ0n) is 8.29. The molecule has 2 aromatic rings. The van der Waals surface area contributed by atoms with Gasteiger partial charge in [-0.15, -0.1) is 0 Å². The van der Waals surface area contributed by atoms with E-state index in [1.165, 1.54) is 29.3 Å². The van der Waals surface area contributed by atoms with Crippen molar-refractivity contribution >= 4 is 10.9 Å². The van der Waals surface area contributed by atoms with E-state index < -0.39 is 0 Å². The lowest BCUT2D eigenvalue weighted by atomic mass is 10.0. The molecule has 0 atom stereocenters. The molecule has 0 saturated heterocycles. The number of hydrogen-bond donors (Lipinski definition) is 0. The average Bonchev–Trinajstić information content (AvgIpc) is 2.60. The van der Waals surface area contributed by atoms with Gasteiger partial charge in [0.25, 0.3) is 0 Å². The molecule has 2 nitrogen and oxygen atoms in total. The van der Waals surface area contributed by atoms with Gasteiger partial charge in [-0.2, -0.15) is 0 Å². The van der Waals surface area contributed by atoms with E-state index >= 15 is 0 Å². The number of ether oxygens (including phenoxy) is 1. The number of nitrogens with zero attached hydrogens (tertiary/aromatic N) is 1. The van der Waals surface area contributed by atoms with Gasteiger partial charge in [0.15, 0.2) is 0 Å². The monoisotopic (exact) mass is 187 g/mol. The number of hydrogen-bond acceptors (Lipinski definition) is 1. The minimum atomic E-state index is 1.00. The Hall–Kier alpha value is -1.44. The summed E-state index contributed by atoms with van der Waals surface area (Å²) in [5, 5.41) is 1.25. The van der Waals surface area contributed by atoms with Gasteiger partial charge < -0.3 is 9.30 Å². The fourth-order valence-corrected chi connectivity index (χ4v) is 2.39. The van der Waals surface area contributed by atoms with Gasteiger partial charge in [-0.05, 0) is 24.5 Å². The van der Waals surface area contributed by atoms with Crippen molar-refractivity contribution in [2.75, 3.05) is 7.11 Å². The molecule has 14 heavy (non-hydrogen) atoms. The standard InChI is InChI=1S/C12H13NO/c1-14-11-8-13-7-3-5-9-4-2-6-10(11)12(9)13/h2,4,6,8H,3,5,7H2,1H3. The van der Waals surface area contributed by atoms with Gasteiger partial charge in [0.1, 0.15) is 5.75 Å². The molecule has 1 aliphatic rings. The Morgan fingerprint density at radius 2 is 2.29 bits per heavy atom. The minimum Gasteiger partial charge on any atom is -0.495 e. The zero-order chi connectivity index (χ0) is 9.54. The molecule has 2 heteroatoms. The van der Waals surface area contributed by atoms with Crippen LogP contribution in [0.15, 0.2) is 24.4 Å². The third-order valence-electron chi connectivity index (χ3n) is 3.01. The maximum absolute atomic E-state index is 5.37. The predicted octanol–water partition coefficient (Wildman–Crippen LogP) is 2.60. The highest BCUT2D eigenvalue weighted by molar-refractivity contribution is 5.89. The molecule has 0 aliphatic carbocycles. The predicted molar refractivity (Wildman–Crippen MR) is 56.8 cm³/mol. The molecule has 0 saturated carbocycles. The molecule has 72 valence electrons. The summed E-state index contributed by atoms with van der Waals surface area (Å²) in [6, 6.07) is 6.48. The number of benzene rings is 1. The van der Waals surface area contributed by atoms with Gasteiger partial charge in [0, 0.05) is 18.1 Å². The summed E-state index contributed by atoms with van der Waals surface area (Å²) in [5.41, 5.74) is 2.83. The quantitative estimate of drug-likeness (QED) is 0.669. The minimum absolute atomic E-state index is 1.00. The van der Waals surface area contributed by atoms with Gasteiger partial charge in [0.2, 0.25) is 0 Å². The first-order chi connectivity index (χ1) is 6.90. The normalized spacial score (nSPS) is 14.6. The van der Waals surface area contributed by atoms with E-state index in [4.69, 9.17) is 4.74 Å². The first-order valence-electron chi connectivity index (χ1n) is 5.05. The van der Waals surface area contributed by atoms with Gasteiger partial charge >= 0.3 is 0 Å². The smallest absolute Gasteiger partial charge is 0.144 e. The molecule has 2 heterocycles. The highest BCUT2D eigenvalue weighted by Gasteiger charge is 2.15. The van der Waals surface area contributed by atoms with Crippen LogP contribution in [0.2, 0.25) is 0 Å². The second kappa shape index (κ2) is 2.77. The summed E-state index contributed by atoms with van der Waals surface area (Å²) in [7, 11) is 1.74. The highest BCUT2D eigenvalue weighted by atomic mass is 16.5. The fraction of sp³-hybridized carbons (Fsp3) is 0.333. The van der Waals surface area contributed by atoms with E-state index in [2.05, 4.69) is 29.0 Å². The van der Waals surface area contributed by atoms with Crippen LogP contribution in [0.25, 0.3) is 10.9 Å². The summed E-state index contributed by atoms with van der Waals surface area (Å²) in [4.78, 5) is 0. The molecule has 0 fully saturated rings. The lowest BCUT2D eigenvalue weighted by Crippen LogP contribution is -2.05. The Kier molecular flexibility index (Phi) is 1.57. The summed E-state index contributed by atoms with van der Waals surface area (Å²) >= 11 is 0. The lowest BCUT2D eigenvalue weighted by molar-refractivity contribution is 0.417. The second-order valence-corrected chi connectivity index (χ2v) is 3.81. The van der Waals surface area contributed by atoms with E-state index in [0.717, 1.165) is 12.3 Å². The van der Waals surface area contributed by atoms with Crippen molar-refractivity contribution < 1.29 is 4.74 Å². The average molecular weight is 187 g/mol. The van der Waals surface area contributed by atoms with Crippen LogP contribution in [0, 0.1) is 0 Å². The topological polar surface area (TPSA) is 14.2 Å². The van der Waals surface area contributed by atoms with Gasteiger partial charge in [-0.3, -0.25) is 0 Å². The van der Waals surface area contributed by atoms with Crippen LogP contribution >= 0.6 is 0 Å². The molecule has 0 unspecified atom stereocenters. The first kappa shape index (κ1) is 7.92. The number of aromatic nitrogens is 1. The molecule has 3 rings (SSSR count). The van der Waals surface area contributed by atoms with Crippen molar-refractivity contribution in [3.8, 4) is 5.75 Å². The summed E-state index contributed by atoms with van der Waals surface area (Å²) in [6.45, 7) is 1.12. The molecular formula is C12H13NO. The van der Waals surface area contributed by atoms with Gasteiger partial charge in [-0.25, -0.2) is 0 Å². The Labute approximate surface area is 83.1 Å². The molecule has 0 radical (unpaired) electrons. The number of para-hydroxylation sites is 1. The number of methoxy groups -OCH3 is 1. The third kappa shape index (κ3) is 0.910. The molecule has 1 aliphatic heterocycles. The maximum Gasteiger partial charge on any atom is 0.144 e. The molecule has 0 N–H and O–H groups in total. The van der Waals surface area contributed by atoms with E-state index in [1.54, 1.807) is 7.11 Å². The van der Waals surface area contributed by atoms with Crippen molar-refractivity contribution in [2.45, 2.75) is 19.4 Å². The van der Waals surface area contributed by atoms with Crippen LogP contribution < -0.4 is 4.74 Å². The van der Waals surface area contributed by atoms with Crippen molar-refractivity contribution in [3.63, 3.8) is 0 Å². The summed E-state index contributed by atoms with van der Waals surface area (Å²) < 4.78 is 7.68. The summed E-state index contributed by atoms with van der Waals surface area (Å²) in [6.07, 6.45) is 4.56. The van der Waals surface area contributed by atoms with E-state index in [0.29, 0.717) is 0 Å². The zero-order valence-corrected chi connectivity index (χ0v) is 8.29. The number of aryl methyl sites for hydroxylation is 2. The van der Waals surface area contributed by atoms with Crippen molar-refractivity contribution in [1.29, 1.82) is 0 Å². The summed E-state index contributed by atoms with van der Waals surface area (Å²) in [5.74, 6) is 1.00. The third-order valence-corrected chi connectivity index (χ3v) is 3.01. The fourth-order valence-electron chi connectivity index (χ4n) is 2.39. The van der Waals surface area contributed by atoms with Crippen LogP contribution in [-0.4, -0.2) is 11.7 Å². The van der Waals surface area contributed by atoms with Crippen molar-refractivity contribution in [3.05, 3.63) is 30.0 Å². The van der Waals surface area contributed by atoms with Crippen LogP contribution in [-0.2, 0) is 13.0 Å². The molecule has 0 bridgehead atoms. The Balaban J connectivity index is 2.42. The SMILES string of the molecule is COc1cn2c3c(cccc13)CCC2. The lowest BCUT2D eigenvalue weighted by Gasteiger charge is -2.14. The molecule has 1 aromatic heterocycles. The van der Waals surface area contributed by atoms with Crippen molar-refractivity contribution in [1.82, 2.24) is 4.57 Å². The van der Waals surface area contributed by atoms with E-state index in [1.807, 2.05) is 0 Å². The molecule has 0 amide bonds. The Morgan fingerprint density at radius 1 is 1.36 bits per heavy atom. The van der Waals surface area contributed by atoms with Crippen molar-refractivity contribution in [2.24, 2.45) is 0 Å². The highest BCUT2D eigenvalue weighted by Crippen LogP contribution is 2.33. The first-order valence-corrected chi connectivity index (χ1v) is 5.05. The van der Waals surface area contributed by atoms with Gasteiger partial charge in [0.05, 0.1) is 12.6 Å². The van der Waals surface area contributed by atoms with Crippen LogP contribution in [0.5, 0.6) is 5.75 Å². The van der Waals surface area contributed by atoms with Crippen LogP contribution in [0.3, 0.4) is 0 Å². The van der Waals surface area contributed by atoms with Crippen LogP contribution in [0.1, 0.15) is 12.0 Å². The molecule has 1 aromatic carbocycles. The Bertz CT molecular complexity index is 484. The molecule has 0 spiro atoms. The van der Waals surface area contributed by atoms with E-state index in [9.17, 15) is 0 Å². The van der Waals surface area contributed by atoms with Gasteiger partial charge in [-0.1, -0.05) is 12.1 Å². The van der Waals surface area contributed by atoms with Crippen LogP contribution in [0.4, 0.5) is 0 Å². The number of rotatable bonds is 1. The largest absolute Gasteiger partial charge is 0.495 e. The molecular weight excluding hydrogens is 174 g/mol. The Morgan fingerprint density at radius 3 is 3.14 bits per heavy atom. The maximum atomic E-state index is 5.37. The second-order valence-electron chi connectivity index (χ2n) is 3.81.